The second kappa shape index (κ2) is 3.49. The lowest BCUT2D eigenvalue weighted by atomic mass is 9.81. The van der Waals surface area contributed by atoms with Gasteiger partial charge in [-0.3, -0.25) is 14.9 Å². The van der Waals surface area contributed by atoms with Crippen LogP contribution in [-0.4, -0.2) is 30.3 Å². The number of carbonyl (C=O) groups is 1. The number of nitro groups is 1. The number of hydrogen-bond acceptors (Lipinski definition) is 5. The molecule has 0 saturated carbocycles. The van der Waals surface area contributed by atoms with Crippen molar-refractivity contribution in [1.82, 2.24) is 0 Å². The zero-order chi connectivity index (χ0) is 14.2. The summed E-state index contributed by atoms with van der Waals surface area (Å²) in [6, 6.07) is 8.85. The van der Waals surface area contributed by atoms with Crippen LogP contribution in [0.4, 0.5) is 0 Å². The maximum atomic E-state index is 12.8. The van der Waals surface area contributed by atoms with Crippen molar-refractivity contribution >= 4 is 29.3 Å². The number of Topliss-reactive ketones (excluding diaryl/α,β-unsaturated/α-hetero) is 1. The fraction of sp³-hybridized carbons (Fsp3) is 0.357. The average Bonchev–Trinajstić information content (AvgIpc) is 3.30. The molecule has 2 heterocycles. The van der Waals surface area contributed by atoms with Gasteiger partial charge in [-0.1, -0.05) is 42.5 Å². The van der Waals surface area contributed by atoms with Gasteiger partial charge in [0.2, 0.25) is 0 Å². The number of nitrogens with zero attached hydrogens (tertiary/aromatic N) is 1. The van der Waals surface area contributed by atoms with Gasteiger partial charge in [-0.05, 0) is 18.7 Å². The Labute approximate surface area is 124 Å². The minimum atomic E-state index is -1.17. The van der Waals surface area contributed by atoms with Crippen LogP contribution in [0.3, 0.4) is 0 Å². The third-order valence-electron chi connectivity index (χ3n) is 4.29. The Morgan fingerprint density at radius 1 is 1.30 bits per heavy atom. The maximum absolute atomic E-state index is 12.8. The topological polar surface area (TPSA) is 60.2 Å². The highest BCUT2D eigenvalue weighted by atomic mass is 32.2. The van der Waals surface area contributed by atoms with Crippen molar-refractivity contribution in [1.29, 1.82) is 0 Å². The van der Waals surface area contributed by atoms with Gasteiger partial charge in [-0.15, -0.1) is 11.8 Å². The first-order valence-corrected chi connectivity index (χ1v) is 7.99. The van der Waals surface area contributed by atoms with Gasteiger partial charge < -0.3 is 0 Å². The minimum Gasteiger partial charge on any atom is -0.292 e. The first kappa shape index (κ1) is 12.5. The minimum absolute atomic E-state index is 0.104. The summed E-state index contributed by atoms with van der Waals surface area (Å²) in [4.78, 5) is 23.0. The van der Waals surface area contributed by atoms with Crippen LogP contribution in [0.15, 0.2) is 42.5 Å². The number of ketones is 1. The molecule has 6 heteroatoms. The van der Waals surface area contributed by atoms with Crippen molar-refractivity contribution in [3.05, 3.63) is 58.2 Å². The summed E-state index contributed by atoms with van der Waals surface area (Å²) >= 11 is 2.79. The first-order valence-electron chi connectivity index (χ1n) is 6.29. The van der Waals surface area contributed by atoms with E-state index in [2.05, 4.69) is 0 Å². The van der Waals surface area contributed by atoms with Crippen LogP contribution >= 0.6 is 23.5 Å². The van der Waals surface area contributed by atoms with Gasteiger partial charge in [-0.25, -0.2) is 0 Å². The van der Waals surface area contributed by atoms with E-state index in [1.807, 2.05) is 19.1 Å². The monoisotopic (exact) mass is 305 g/mol. The summed E-state index contributed by atoms with van der Waals surface area (Å²) in [6.07, 6.45) is 3.75. The molecule has 102 valence electrons. The Balaban J connectivity index is 1.81. The van der Waals surface area contributed by atoms with Crippen LogP contribution < -0.4 is 0 Å². The molecule has 1 aromatic rings. The number of rotatable bonds is 3. The number of fused-ring (bicyclic) bond motifs is 3. The van der Waals surface area contributed by atoms with Gasteiger partial charge >= 0.3 is 4.87 Å². The van der Waals surface area contributed by atoms with Crippen LogP contribution in [-0.2, 0) is 0 Å². The van der Waals surface area contributed by atoms with E-state index >= 15 is 0 Å². The molecular formula is C14H11NO3S2. The molecule has 0 aromatic heterocycles. The highest BCUT2D eigenvalue weighted by Crippen LogP contribution is 2.80. The molecule has 2 saturated heterocycles. The lowest BCUT2D eigenvalue weighted by molar-refractivity contribution is -0.526. The molecule has 2 fully saturated rings. The molecule has 4 atom stereocenters. The Bertz CT molecular complexity index is 676. The SMILES string of the molecule is CC12C=CC3(C(=O)c4ccccc4)SC3([N+](=O)[O-])C1S2. The predicted molar refractivity (Wildman–Crippen MR) is 79.7 cm³/mol. The van der Waals surface area contributed by atoms with Crippen molar-refractivity contribution in [2.24, 2.45) is 0 Å². The van der Waals surface area contributed by atoms with Crippen LogP contribution in [0.1, 0.15) is 17.3 Å². The van der Waals surface area contributed by atoms with Gasteiger partial charge in [0.05, 0.1) is 4.75 Å². The molecule has 0 bridgehead atoms. The first-order chi connectivity index (χ1) is 9.46. The summed E-state index contributed by atoms with van der Waals surface area (Å²) in [7, 11) is 0. The van der Waals surface area contributed by atoms with Gasteiger partial charge in [0, 0.05) is 10.5 Å². The molecule has 2 aliphatic heterocycles. The van der Waals surface area contributed by atoms with E-state index in [-0.39, 0.29) is 20.7 Å². The van der Waals surface area contributed by atoms with E-state index in [1.54, 1.807) is 42.1 Å². The highest BCUT2D eigenvalue weighted by molar-refractivity contribution is 8.15. The molecule has 0 spiro atoms. The molecule has 4 rings (SSSR count). The van der Waals surface area contributed by atoms with Crippen molar-refractivity contribution in [3.8, 4) is 0 Å². The Hall–Kier alpha value is -1.27. The van der Waals surface area contributed by atoms with E-state index in [1.165, 1.54) is 11.8 Å². The number of benzene rings is 1. The van der Waals surface area contributed by atoms with E-state index in [9.17, 15) is 14.9 Å². The van der Waals surface area contributed by atoms with Crippen molar-refractivity contribution in [2.45, 2.75) is 26.5 Å². The molecule has 0 amide bonds. The molecule has 0 N–H and O–H groups in total. The average molecular weight is 305 g/mol. The largest absolute Gasteiger partial charge is 0.307 e. The van der Waals surface area contributed by atoms with Crippen LogP contribution in [0.5, 0.6) is 0 Å². The maximum Gasteiger partial charge on any atom is 0.307 e. The molecule has 3 aliphatic rings. The summed E-state index contributed by atoms with van der Waals surface area (Å²) in [5.74, 6) is -0.148. The zero-order valence-corrected chi connectivity index (χ0v) is 12.2. The number of carbonyl (C=O) groups excluding carboxylic acids is 1. The second-order valence-electron chi connectivity index (χ2n) is 5.50. The van der Waals surface area contributed by atoms with Gasteiger partial charge in [0.15, 0.2) is 10.5 Å². The quantitative estimate of drug-likeness (QED) is 0.282. The normalized spacial score (nSPS) is 43.4. The molecule has 1 aromatic carbocycles. The van der Waals surface area contributed by atoms with E-state index in [0.717, 1.165) is 0 Å². The fourth-order valence-electron chi connectivity index (χ4n) is 3.08. The fourth-order valence-corrected chi connectivity index (χ4v) is 6.35. The molecule has 4 unspecified atom stereocenters. The predicted octanol–water partition coefficient (Wildman–Crippen LogP) is 2.77. The van der Waals surface area contributed by atoms with Crippen LogP contribution in [0, 0.1) is 10.1 Å². The standard InChI is InChI=1S/C14H11NO3S2/c1-12-7-8-13(10(16)9-5-3-2-4-6-9)14(20-13,15(17)18)11(12)19-12/h2-8,11H,1H3. The smallest absolute Gasteiger partial charge is 0.292 e. The van der Waals surface area contributed by atoms with Gasteiger partial charge in [0.25, 0.3) is 0 Å². The lowest BCUT2D eigenvalue weighted by Crippen LogP contribution is -2.46. The van der Waals surface area contributed by atoms with Crippen molar-refractivity contribution in [2.75, 3.05) is 0 Å². The summed E-state index contributed by atoms with van der Waals surface area (Å²) in [6.45, 7) is 2.00. The second-order valence-corrected chi connectivity index (χ2v) is 8.56. The third kappa shape index (κ3) is 1.24. The summed E-state index contributed by atoms with van der Waals surface area (Å²) in [5, 5.41) is 11.5. The summed E-state index contributed by atoms with van der Waals surface area (Å²) < 4.78 is -1.18. The molecule has 1 aliphatic carbocycles. The number of thioether (sulfide) groups is 2. The lowest BCUT2D eigenvalue weighted by Gasteiger charge is -2.18. The molecular weight excluding hydrogens is 294 g/mol. The van der Waals surface area contributed by atoms with E-state index in [4.69, 9.17) is 0 Å². The Morgan fingerprint density at radius 3 is 2.65 bits per heavy atom. The Morgan fingerprint density at radius 2 is 2.00 bits per heavy atom. The third-order valence-corrected chi connectivity index (χ3v) is 7.90. The zero-order valence-electron chi connectivity index (χ0n) is 10.6. The van der Waals surface area contributed by atoms with Crippen molar-refractivity contribution < 1.29 is 9.72 Å². The van der Waals surface area contributed by atoms with E-state index < -0.39 is 9.62 Å². The molecule has 0 radical (unpaired) electrons. The van der Waals surface area contributed by atoms with E-state index in [0.29, 0.717) is 5.56 Å². The van der Waals surface area contributed by atoms with Crippen LogP contribution in [0.25, 0.3) is 0 Å². The van der Waals surface area contributed by atoms with Gasteiger partial charge in [-0.2, -0.15) is 0 Å². The molecule has 4 nitrogen and oxygen atoms in total. The van der Waals surface area contributed by atoms with Gasteiger partial charge in [0.1, 0.15) is 5.25 Å². The number of hydrogen-bond donors (Lipinski definition) is 0. The Kier molecular flexibility index (Phi) is 2.17. The highest BCUT2D eigenvalue weighted by Gasteiger charge is 2.93. The van der Waals surface area contributed by atoms with Crippen molar-refractivity contribution in [3.63, 3.8) is 0 Å². The molecule has 20 heavy (non-hydrogen) atoms. The summed E-state index contributed by atoms with van der Waals surface area (Å²) in [5.41, 5.74) is 0.544. The van der Waals surface area contributed by atoms with Crippen LogP contribution in [0.2, 0.25) is 0 Å².